The van der Waals surface area contributed by atoms with Crippen LogP contribution in [0.25, 0.3) is 10.9 Å². The molecule has 1 atom stereocenters. The first-order valence-corrected chi connectivity index (χ1v) is 11.7. The van der Waals surface area contributed by atoms with E-state index < -0.39 is 5.97 Å². The number of imidazole rings is 1. The number of aryl methyl sites for hydroxylation is 2. The Hall–Kier alpha value is -2.71. The largest absolute Gasteiger partial charge is 0.375 e. The van der Waals surface area contributed by atoms with Crippen LogP contribution in [0.5, 0.6) is 0 Å². The average Bonchev–Trinajstić information content (AvgIpc) is 3.46. The van der Waals surface area contributed by atoms with Gasteiger partial charge in [0.05, 0.1) is 9.50 Å². The Morgan fingerprint density at radius 3 is 2.90 bits per heavy atom. The van der Waals surface area contributed by atoms with Gasteiger partial charge in [-0.05, 0) is 53.9 Å². The number of fused-ring (bicyclic) bond motifs is 3. The highest BCUT2D eigenvalue weighted by atomic mass is 79.9. The fraction of sp³-hybridized carbons (Fsp3) is 0.261. The van der Waals surface area contributed by atoms with Gasteiger partial charge in [-0.25, -0.2) is 9.78 Å². The minimum atomic E-state index is -0.437. The van der Waals surface area contributed by atoms with Crippen molar-refractivity contribution in [3.63, 3.8) is 0 Å². The summed E-state index contributed by atoms with van der Waals surface area (Å²) in [5, 5.41) is 5.62. The van der Waals surface area contributed by atoms with Gasteiger partial charge in [0.1, 0.15) is 10.7 Å². The van der Waals surface area contributed by atoms with Crippen molar-refractivity contribution in [1.82, 2.24) is 14.1 Å². The minimum Gasteiger partial charge on any atom is -0.347 e. The quantitative estimate of drug-likeness (QED) is 0.283. The number of carbonyl (C=O) groups is 1. The highest BCUT2D eigenvalue weighted by Crippen LogP contribution is 2.35. The zero-order valence-electron chi connectivity index (χ0n) is 17.2. The van der Waals surface area contributed by atoms with Crippen molar-refractivity contribution in [2.75, 3.05) is 0 Å². The Labute approximate surface area is 192 Å². The predicted molar refractivity (Wildman–Crippen MR) is 126 cm³/mol. The van der Waals surface area contributed by atoms with Crippen molar-refractivity contribution in [3.05, 3.63) is 74.5 Å². The Kier molecular flexibility index (Phi) is 5.27. The van der Waals surface area contributed by atoms with Crippen molar-refractivity contribution >= 4 is 49.9 Å². The van der Waals surface area contributed by atoms with E-state index in [0.29, 0.717) is 4.88 Å². The minimum absolute atomic E-state index is 0.120. The molecule has 1 unspecified atom stereocenters. The Balaban J connectivity index is 1.58. The summed E-state index contributed by atoms with van der Waals surface area (Å²) in [5.41, 5.74) is 4.31. The van der Waals surface area contributed by atoms with Gasteiger partial charge in [0.2, 0.25) is 0 Å². The van der Waals surface area contributed by atoms with Gasteiger partial charge in [0.15, 0.2) is 0 Å². The van der Waals surface area contributed by atoms with E-state index in [9.17, 15) is 4.79 Å². The lowest BCUT2D eigenvalue weighted by Gasteiger charge is -2.25. The normalized spacial score (nSPS) is 17.3. The molecule has 3 heterocycles. The predicted octanol–water partition coefficient (Wildman–Crippen LogP) is 5.33. The number of nitrogens with zero attached hydrogens (tertiary/aromatic N) is 4. The third-order valence-electron chi connectivity index (χ3n) is 5.94. The summed E-state index contributed by atoms with van der Waals surface area (Å²) in [7, 11) is 2.09. The molecular formula is C23H21BrN4O2S. The van der Waals surface area contributed by atoms with Crippen LogP contribution in [0.15, 0.2) is 57.7 Å². The molecule has 0 saturated heterocycles. The van der Waals surface area contributed by atoms with Crippen molar-refractivity contribution < 1.29 is 9.63 Å². The highest BCUT2D eigenvalue weighted by Gasteiger charge is 2.32. The van der Waals surface area contributed by atoms with Crippen molar-refractivity contribution in [2.45, 2.75) is 26.3 Å². The van der Waals surface area contributed by atoms with Crippen LogP contribution in [-0.2, 0) is 24.9 Å². The fourth-order valence-corrected chi connectivity index (χ4v) is 5.63. The van der Waals surface area contributed by atoms with Crippen molar-refractivity contribution in [1.29, 1.82) is 0 Å². The molecule has 158 valence electrons. The van der Waals surface area contributed by atoms with Gasteiger partial charge in [-0.2, -0.15) is 0 Å². The molecule has 0 spiro atoms. The number of oxime groups is 1. The first kappa shape index (κ1) is 20.2. The number of carbonyl (C=O) groups excluding carboxylic acids is 1. The summed E-state index contributed by atoms with van der Waals surface area (Å²) in [6, 6.07) is 11.9. The second kappa shape index (κ2) is 8.09. The van der Waals surface area contributed by atoms with Crippen LogP contribution >= 0.6 is 27.3 Å². The maximum absolute atomic E-state index is 12.6. The summed E-state index contributed by atoms with van der Waals surface area (Å²) >= 11 is 4.73. The number of halogens is 1. The summed E-state index contributed by atoms with van der Waals surface area (Å²) in [6.07, 6.45) is 5.67. The lowest BCUT2D eigenvalue weighted by atomic mass is 9.84. The van der Waals surface area contributed by atoms with Gasteiger partial charge in [-0.15, -0.1) is 11.3 Å². The molecule has 8 heteroatoms. The van der Waals surface area contributed by atoms with Crippen LogP contribution in [0.4, 0.5) is 0 Å². The number of benzene rings is 1. The third-order valence-corrected chi connectivity index (χ3v) is 7.55. The third kappa shape index (κ3) is 3.64. The summed E-state index contributed by atoms with van der Waals surface area (Å²) in [4.78, 5) is 23.0. The van der Waals surface area contributed by atoms with E-state index in [1.807, 2.05) is 37.5 Å². The van der Waals surface area contributed by atoms with Gasteiger partial charge in [0, 0.05) is 54.1 Å². The SMILES string of the molecule is Cc1nccn1CC1CCc2c(c3ccccc3n2C)C1=NOC(=O)c1ccc(Br)s1. The van der Waals surface area contributed by atoms with Gasteiger partial charge < -0.3 is 14.0 Å². The number of hydrogen-bond donors (Lipinski definition) is 0. The second-order valence-corrected chi connectivity index (χ2v) is 10.2. The monoisotopic (exact) mass is 496 g/mol. The number of aromatic nitrogens is 3. The molecule has 1 aliphatic rings. The van der Waals surface area contributed by atoms with E-state index in [1.54, 1.807) is 6.07 Å². The van der Waals surface area contributed by atoms with Crippen LogP contribution < -0.4 is 0 Å². The number of rotatable bonds is 4. The molecule has 0 aliphatic heterocycles. The van der Waals surface area contributed by atoms with Crippen molar-refractivity contribution in [2.24, 2.45) is 18.1 Å². The molecule has 0 radical (unpaired) electrons. The zero-order valence-corrected chi connectivity index (χ0v) is 19.6. The average molecular weight is 497 g/mol. The molecule has 0 N–H and O–H groups in total. The van der Waals surface area contributed by atoms with E-state index in [2.05, 4.69) is 54.4 Å². The van der Waals surface area contributed by atoms with E-state index >= 15 is 0 Å². The maximum Gasteiger partial charge on any atom is 0.375 e. The Bertz CT molecular complexity index is 1320. The lowest BCUT2D eigenvalue weighted by Crippen LogP contribution is -2.28. The molecule has 0 fully saturated rings. The molecule has 31 heavy (non-hydrogen) atoms. The summed E-state index contributed by atoms with van der Waals surface area (Å²) in [6.45, 7) is 2.74. The van der Waals surface area contributed by atoms with Gasteiger partial charge in [-0.1, -0.05) is 23.4 Å². The van der Waals surface area contributed by atoms with E-state index in [-0.39, 0.29) is 5.92 Å². The van der Waals surface area contributed by atoms with Crippen LogP contribution in [-0.4, -0.2) is 25.8 Å². The topological polar surface area (TPSA) is 61.4 Å². The number of para-hydroxylation sites is 1. The molecule has 0 amide bonds. The first-order valence-electron chi connectivity index (χ1n) is 10.1. The van der Waals surface area contributed by atoms with Crippen LogP contribution in [0.2, 0.25) is 0 Å². The summed E-state index contributed by atoms with van der Waals surface area (Å²) in [5.74, 6) is 0.644. The Morgan fingerprint density at radius 1 is 1.32 bits per heavy atom. The molecule has 6 nitrogen and oxygen atoms in total. The number of thiophene rings is 1. The van der Waals surface area contributed by atoms with Crippen LogP contribution in [0.1, 0.15) is 33.2 Å². The highest BCUT2D eigenvalue weighted by molar-refractivity contribution is 9.11. The molecule has 0 saturated carbocycles. The van der Waals surface area contributed by atoms with E-state index in [0.717, 1.165) is 51.2 Å². The molecular weight excluding hydrogens is 476 g/mol. The molecule has 5 rings (SSSR count). The van der Waals surface area contributed by atoms with E-state index in [1.165, 1.54) is 17.0 Å². The van der Waals surface area contributed by atoms with Gasteiger partial charge in [-0.3, -0.25) is 0 Å². The van der Waals surface area contributed by atoms with Crippen molar-refractivity contribution in [3.8, 4) is 0 Å². The zero-order chi connectivity index (χ0) is 21.5. The lowest BCUT2D eigenvalue weighted by molar-refractivity contribution is 0.0519. The first-order chi connectivity index (χ1) is 15.0. The molecule has 3 aromatic heterocycles. The standard InChI is InChI=1S/C23H21BrN4O2S/c1-14-25-11-12-28(14)13-15-7-8-18-21(16-5-3-4-6-17(16)27(18)2)22(15)26-30-23(29)19-9-10-20(24)31-19/h3-6,9-12,15H,7-8,13H2,1-2H3. The number of hydrogen-bond acceptors (Lipinski definition) is 5. The fourth-order valence-electron chi connectivity index (χ4n) is 4.37. The smallest absolute Gasteiger partial charge is 0.347 e. The van der Waals surface area contributed by atoms with Crippen LogP contribution in [0.3, 0.4) is 0 Å². The van der Waals surface area contributed by atoms with Crippen LogP contribution in [0, 0.1) is 12.8 Å². The van der Waals surface area contributed by atoms with Gasteiger partial charge in [0.25, 0.3) is 0 Å². The van der Waals surface area contributed by atoms with Gasteiger partial charge >= 0.3 is 5.97 Å². The molecule has 1 aliphatic carbocycles. The second-order valence-electron chi connectivity index (χ2n) is 7.72. The molecule has 4 aromatic rings. The Morgan fingerprint density at radius 2 is 2.16 bits per heavy atom. The maximum atomic E-state index is 12.6. The van der Waals surface area contributed by atoms with E-state index in [4.69, 9.17) is 4.84 Å². The molecule has 0 bridgehead atoms. The summed E-state index contributed by atoms with van der Waals surface area (Å²) < 4.78 is 5.25. The molecule has 1 aromatic carbocycles.